The zero-order valence-corrected chi connectivity index (χ0v) is 25.4. The highest BCUT2D eigenvalue weighted by Crippen LogP contribution is 2.42. The number of rotatable bonds is 7. The van der Waals surface area contributed by atoms with Gasteiger partial charge < -0.3 is 14.5 Å². The number of anilines is 1. The van der Waals surface area contributed by atoms with Gasteiger partial charge in [-0.25, -0.2) is 8.78 Å². The van der Waals surface area contributed by atoms with Crippen LogP contribution in [0.5, 0.6) is 6.01 Å². The first-order chi connectivity index (χ1) is 20.5. The largest absolute Gasteiger partial charge is 0.462 e. The molecule has 1 amide bonds. The SMILES string of the molecule is C=CC(=O)N1[C@H](C)CN(c2nc(OCCN3CC(C)(F)C3)nc3c(F)c(-c4c(C)ccc5cn[nH]c45)c(Cl)cc23)C[C@@H]1C. The summed E-state index contributed by atoms with van der Waals surface area (Å²) in [6.45, 7) is 13.3. The average molecular weight is 610 g/mol. The number of aromatic nitrogens is 4. The van der Waals surface area contributed by atoms with E-state index in [-0.39, 0.29) is 46.7 Å². The van der Waals surface area contributed by atoms with Gasteiger partial charge in [0.2, 0.25) is 5.91 Å². The molecule has 0 saturated carbocycles. The highest BCUT2D eigenvalue weighted by atomic mass is 35.5. The lowest BCUT2D eigenvalue weighted by atomic mass is 9.96. The van der Waals surface area contributed by atoms with E-state index in [0.29, 0.717) is 55.0 Å². The third-order valence-corrected chi connectivity index (χ3v) is 8.61. The first kappa shape index (κ1) is 29.3. The summed E-state index contributed by atoms with van der Waals surface area (Å²) in [5.41, 5.74) is 1.19. The Morgan fingerprint density at radius 3 is 2.63 bits per heavy atom. The smallest absolute Gasteiger partial charge is 0.319 e. The van der Waals surface area contributed by atoms with Crippen molar-refractivity contribution < 1.29 is 18.3 Å². The maximum absolute atomic E-state index is 16.7. The summed E-state index contributed by atoms with van der Waals surface area (Å²) in [5, 5.41) is 8.59. The Balaban J connectivity index is 1.44. The number of alkyl halides is 1. The first-order valence-corrected chi connectivity index (χ1v) is 14.7. The molecule has 0 bridgehead atoms. The van der Waals surface area contributed by atoms with Crippen molar-refractivity contribution in [2.24, 2.45) is 0 Å². The number of fused-ring (bicyclic) bond motifs is 2. The van der Waals surface area contributed by atoms with Crippen molar-refractivity contribution in [2.45, 2.75) is 45.4 Å². The molecular formula is C31H34ClF2N7O2. The van der Waals surface area contributed by atoms with Crippen LogP contribution in [0.3, 0.4) is 0 Å². The molecule has 2 aromatic heterocycles. The van der Waals surface area contributed by atoms with Gasteiger partial charge in [0, 0.05) is 66.7 Å². The number of amides is 1. The second-order valence-corrected chi connectivity index (χ2v) is 12.3. The van der Waals surface area contributed by atoms with Crippen LogP contribution in [0.2, 0.25) is 5.02 Å². The van der Waals surface area contributed by atoms with E-state index in [1.54, 1.807) is 24.1 Å². The number of halogens is 3. The molecule has 6 rings (SSSR count). The van der Waals surface area contributed by atoms with Crippen LogP contribution in [-0.2, 0) is 4.79 Å². The van der Waals surface area contributed by atoms with Gasteiger partial charge in [-0.1, -0.05) is 30.3 Å². The zero-order chi connectivity index (χ0) is 30.6. The summed E-state index contributed by atoms with van der Waals surface area (Å²) in [4.78, 5) is 27.5. The Kier molecular flexibility index (Phi) is 7.50. The van der Waals surface area contributed by atoms with Crippen LogP contribution in [-0.4, -0.2) is 93.0 Å². The minimum Gasteiger partial charge on any atom is -0.462 e. The first-order valence-electron chi connectivity index (χ1n) is 14.3. The van der Waals surface area contributed by atoms with Crippen LogP contribution in [0.4, 0.5) is 14.6 Å². The molecule has 0 aliphatic carbocycles. The van der Waals surface area contributed by atoms with E-state index >= 15 is 4.39 Å². The molecule has 1 N–H and O–H groups in total. The van der Waals surface area contributed by atoms with Crippen LogP contribution in [0, 0.1) is 12.7 Å². The molecule has 4 aromatic rings. The molecule has 12 heteroatoms. The molecule has 2 fully saturated rings. The minimum absolute atomic E-state index is 0.0135. The van der Waals surface area contributed by atoms with E-state index < -0.39 is 11.5 Å². The Labute approximate surface area is 253 Å². The molecule has 0 unspecified atom stereocenters. The number of H-pyrrole nitrogens is 1. The number of carbonyl (C=O) groups excluding carboxylic acids is 1. The summed E-state index contributed by atoms with van der Waals surface area (Å²) in [6, 6.07) is 5.20. The lowest BCUT2D eigenvalue weighted by Crippen LogP contribution is -2.58. The molecule has 226 valence electrons. The number of nitrogens with zero attached hydrogens (tertiary/aromatic N) is 6. The lowest BCUT2D eigenvalue weighted by Gasteiger charge is -2.44. The number of carbonyl (C=O) groups is 1. The quantitative estimate of drug-likeness (QED) is 0.284. The number of ether oxygens (including phenoxy) is 1. The van der Waals surface area contributed by atoms with Crippen molar-refractivity contribution >= 4 is 45.1 Å². The van der Waals surface area contributed by atoms with Crippen molar-refractivity contribution in [1.29, 1.82) is 0 Å². The molecule has 43 heavy (non-hydrogen) atoms. The number of piperazine rings is 1. The maximum atomic E-state index is 16.7. The number of aryl methyl sites for hydroxylation is 1. The van der Waals surface area contributed by atoms with Gasteiger partial charge >= 0.3 is 6.01 Å². The van der Waals surface area contributed by atoms with E-state index in [1.165, 1.54) is 6.08 Å². The third kappa shape index (κ3) is 5.29. The second-order valence-electron chi connectivity index (χ2n) is 11.9. The topological polar surface area (TPSA) is 90.5 Å². The zero-order valence-electron chi connectivity index (χ0n) is 24.6. The fourth-order valence-corrected chi connectivity index (χ4v) is 6.77. The van der Waals surface area contributed by atoms with Gasteiger partial charge in [-0.2, -0.15) is 15.1 Å². The highest BCUT2D eigenvalue weighted by molar-refractivity contribution is 6.35. The predicted octanol–water partition coefficient (Wildman–Crippen LogP) is 5.31. The highest BCUT2D eigenvalue weighted by Gasteiger charge is 2.38. The molecule has 2 aromatic carbocycles. The summed E-state index contributed by atoms with van der Waals surface area (Å²) in [5.74, 6) is -0.277. The van der Waals surface area contributed by atoms with Crippen molar-refractivity contribution in [3.8, 4) is 17.1 Å². The van der Waals surface area contributed by atoms with Crippen LogP contribution in [0.25, 0.3) is 32.9 Å². The van der Waals surface area contributed by atoms with Crippen molar-refractivity contribution in [2.75, 3.05) is 44.2 Å². The Hall–Kier alpha value is -3.83. The van der Waals surface area contributed by atoms with Gasteiger partial charge in [0.05, 0.1) is 16.7 Å². The van der Waals surface area contributed by atoms with E-state index in [9.17, 15) is 9.18 Å². The van der Waals surface area contributed by atoms with Gasteiger partial charge in [0.25, 0.3) is 0 Å². The number of hydrogen-bond donors (Lipinski definition) is 1. The Morgan fingerprint density at radius 1 is 1.23 bits per heavy atom. The fraction of sp³-hybridized carbons (Fsp3) is 0.419. The Bertz CT molecular complexity index is 1720. The number of hydrogen-bond acceptors (Lipinski definition) is 7. The van der Waals surface area contributed by atoms with Crippen LogP contribution < -0.4 is 9.64 Å². The molecule has 2 aliphatic rings. The Morgan fingerprint density at radius 2 is 1.95 bits per heavy atom. The monoisotopic (exact) mass is 609 g/mol. The van der Waals surface area contributed by atoms with Gasteiger partial charge in [-0.05, 0) is 45.4 Å². The van der Waals surface area contributed by atoms with Gasteiger partial charge in [0.1, 0.15) is 23.6 Å². The van der Waals surface area contributed by atoms with Gasteiger partial charge in [0.15, 0.2) is 5.82 Å². The predicted molar refractivity (Wildman–Crippen MR) is 164 cm³/mol. The number of likely N-dealkylation sites (tertiary alicyclic amines) is 1. The molecular weight excluding hydrogens is 576 g/mol. The van der Waals surface area contributed by atoms with Gasteiger partial charge in [-0.15, -0.1) is 0 Å². The molecule has 4 heterocycles. The molecule has 0 spiro atoms. The molecule has 0 radical (unpaired) electrons. The van der Waals surface area contributed by atoms with E-state index in [0.717, 1.165) is 10.9 Å². The van der Waals surface area contributed by atoms with E-state index in [2.05, 4.69) is 21.8 Å². The lowest BCUT2D eigenvalue weighted by molar-refractivity contribution is -0.130. The molecule has 2 atom stereocenters. The van der Waals surface area contributed by atoms with E-state index in [1.807, 2.05) is 42.7 Å². The summed E-state index contributed by atoms with van der Waals surface area (Å²) < 4.78 is 36.6. The van der Waals surface area contributed by atoms with Crippen molar-refractivity contribution in [1.82, 2.24) is 30.0 Å². The third-order valence-electron chi connectivity index (χ3n) is 8.31. The van der Waals surface area contributed by atoms with Crippen LogP contribution in [0.1, 0.15) is 26.3 Å². The molecule has 2 aliphatic heterocycles. The second kappa shape index (κ2) is 11.0. The van der Waals surface area contributed by atoms with Crippen LogP contribution in [0.15, 0.2) is 37.1 Å². The maximum Gasteiger partial charge on any atom is 0.319 e. The summed E-state index contributed by atoms with van der Waals surface area (Å²) in [7, 11) is 0. The van der Waals surface area contributed by atoms with E-state index in [4.69, 9.17) is 21.3 Å². The van der Waals surface area contributed by atoms with Crippen molar-refractivity contribution in [3.63, 3.8) is 0 Å². The average Bonchev–Trinajstić information content (AvgIpc) is 3.41. The number of nitrogens with one attached hydrogen (secondary N) is 1. The number of benzene rings is 2. The minimum atomic E-state index is -1.19. The van der Waals surface area contributed by atoms with Gasteiger partial charge in [-0.3, -0.25) is 14.8 Å². The fourth-order valence-electron chi connectivity index (χ4n) is 6.48. The normalized spacial score (nSPS) is 20.4. The summed E-state index contributed by atoms with van der Waals surface area (Å²) in [6.07, 6.45) is 3.00. The molecule has 2 saturated heterocycles. The number of aromatic amines is 1. The summed E-state index contributed by atoms with van der Waals surface area (Å²) >= 11 is 6.86. The molecule has 9 nitrogen and oxygen atoms in total. The van der Waals surface area contributed by atoms with Crippen LogP contribution >= 0.6 is 11.6 Å². The van der Waals surface area contributed by atoms with Crippen molar-refractivity contribution in [3.05, 3.63) is 53.5 Å². The standard InChI is InChI=1S/C31H34ClF2N7O2/c1-6-23(42)41-18(3)13-40(14-19(41)4)29-21-11-22(32)25(24-17(2)7-8-20-12-35-38-27(20)24)26(33)28(21)36-30(37-29)43-10-9-39-15-31(5,34)16-39/h6-8,11-12,18-19H,1,9-10,13-16H2,2-5H3,(H,35,38)/t18-,19+.